The smallest absolute Gasteiger partial charge is 0.870 e. The number of rotatable bonds is 3. The van der Waals surface area contributed by atoms with E-state index in [1.54, 1.807) is 6.20 Å². The van der Waals surface area contributed by atoms with Gasteiger partial charge < -0.3 is 16.0 Å². The van der Waals surface area contributed by atoms with Crippen LogP contribution in [0.25, 0.3) is 5.43 Å². The second-order valence-electron chi connectivity index (χ2n) is 3.66. The molecule has 0 saturated carbocycles. The van der Waals surface area contributed by atoms with Gasteiger partial charge in [0.1, 0.15) is 0 Å². The van der Waals surface area contributed by atoms with Crippen LogP contribution in [0.3, 0.4) is 0 Å². The topological polar surface area (TPSA) is 69.3 Å². The van der Waals surface area contributed by atoms with Crippen LogP contribution in [0.1, 0.15) is 11.3 Å². The van der Waals surface area contributed by atoms with Crippen molar-refractivity contribution in [2.24, 2.45) is 5.10 Å². The van der Waals surface area contributed by atoms with Crippen molar-refractivity contribution in [2.75, 3.05) is 6.26 Å². The monoisotopic (exact) mass is 477 g/mol. The van der Waals surface area contributed by atoms with Crippen molar-refractivity contribution in [2.45, 2.75) is 0 Å². The van der Waals surface area contributed by atoms with Gasteiger partial charge in [-0.1, -0.05) is 48.2 Å². The summed E-state index contributed by atoms with van der Waals surface area (Å²) < 4.78 is 0.615. The molecule has 127 valence electrons. The summed E-state index contributed by atoms with van der Waals surface area (Å²) >= 11 is 5.43. The van der Waals surface area contributed by atoms with Gasteiger partial charge in [0, 0.05) is 11.8 Å². The molecule has 1 aromatic carbocycles. The van der Waals surface area contributed by atoms with Gasteiger partial charge in [0.25, 0.3) is 0 Å². The molecule has 0 amide bonds. The summed E-state index contributed by atoms with van der Waals surface area (Å²) in [5.41, 5.74) is 6.60. The molecule has 0 saturated heterocycles. The number of hydrogen-bond acceptors (Lipinski definition) is 4. The van der Waals surface area contributed by atoms with Crippen LogP contribution >= 0.6 is 31.1 Å². The predicted molar refractivity (Wildman–Crippen MR) is 101 cm³/mol. The van der Waals surface area contributed by atoms with Crippen molar-refractivity contribution in [3.05, 3.63) is 71.4 Å². The van der Waals surface area contributed by atoms with Gasteiger partial charge in [-0.2, -0.15) is 0 Å². The van der Waals surface area contributed by atoms with Crippen LogP contribution in [0.4, 0.5) is 0 Å². The molecule has 0 fully saturated rings. The van der Waals surface area contributed by atoms with Gasteiger partial charge in [0.05, 0.1) is 11.4 Å². The molecule has 0 atom stereocenters. The van der Waals surface area contributed by atoms with Gasteiger partial charge in [0.15, 0.2) is 16.5 Å². The zero-order valence-corrected chi connectivity index (χ0v) is 16.8. The Hall–Kier alpha value is -0.557. The van der Waals surface area contributed by atoms with Crippen molar-refractivity contribution in [1.29, 1.82) is 0 Å². The van der Waals surface area contributed by atoms with E-state index in [9.17, 15) is 0 Å². The Bertz CT molecular complexity index is 562. The molecule has 1 aromatic heterocycles. The maximum atomic E-state index is 4.83. The molecule has 23 heavy (non-hydrogen) atoms. The number of halogens is 2. The number of aromatic nitrogens is 1. The molecule has 0 spiro atoms. The molecule has 0 aliphatic rings. The van der Waals surface area contributed by atoms with Crippen molar-refractivity contribution in [3.63, 3.8) is 0 Å². The molecule has 4 nitrogen and oxygen atoms in total. The van der Waals surface area contributed by atoms with Crippen LogP contribution in [0.15, 0.2) is 59.8 Å². The van der Waals surface area contributed by atoms with Crippen molar-refractivity contribution < 1.29 is 20.6 Å². The Morgan fingerprint density at radius 3 is 2.30 bits per heavy atom. The zero-order chi connectivity index (χ0) is 16.2. The normalized spacial score (nSPS) is 10.1. The maximum Gasteiger partial charge on any atom is -0.870 e. The molecule has 9 heteroatoms. The molecular weight excluding hydrogens is 464 g/mol. The SMILES string of the molecule is CSC(=[SH+])[N-]N=C(c1ccccc1)c1ccccn1.[Cl][Rh][Cl].[OH-]. The molecule has 0 bridgehead atoms. The minimum atomic E-state index is -0.226. The number of thioether (sulfide) groups is 1. The second kappa shape index (κ2) is 13.8. The minimum absolute atomic E-state index is 0. The molecule has 0 radical (unpaired) electrons. The van der Waals surface area contributed by atoms with Crippen LogP contribution < -0.4 is 0 Å². The van der Waals surface area contributed by atoms with E-state index in [0.717, 1.165) is 17.0 Å². The van der Waals surface area contributed by atoms with Gasteiger partial charge in [-0.15, -0.1) is 0 Å². The van der Waals surface area contributed by atoms with Gasteiger partial charge in [-0.25, -0.2) is 0 Å². The summed E-state index contributed by atoms with van der Waals surface area (Å²) in [5.74, 6) is 0. The third-order valence-corrected chi connectivity index (χ3v) is 3.46. The minimum Gasteiger partial charge on any atom is -0.870 e. The number of thiol groups is 1. The molecule has 0 aliphatic heterocycles. The second-order valence-corrected chi connectivity index (χ2v) is 7.67. The third kappa shape index (κ3) is 8.75. The molecule has 2 rings (SSSR count). The first-order valence-corrected chi connectivity index (χ1v) is 11.8. The Kier molecular flexibility index (Phi) is 13.5. The van der Waals surface area contributed by atoms with E-state index in [-0.39, 0.29) is 20.6 Å². The van der Waals surface area contributed by atoms with E-state index >= 15 is 0 Å². The summed E-state index contributed by atoms with van der Waals surface area (Å²) in [5, 5.41) is 4.28. The van der Waals surface area contributed by atoms with Crippen LogP contribution in [-0.2, 0) is 27.4 Å². The first kappa shape index (κ1) is 22.4. The van der Waals surface area contributed by atoms with E-state index in [1.807, 2.05) is 54.8 Å². The molecule has 1 heterocycles. The fourth-order valence-corrected chi connectivity index (χ4v) is 1.66. The van der Waals surface area contributed by atoms with Crippen molar-refractivity contribution in [1.82, 2.24) is 4.98 Å². The van der Waals surface area contributed by atoms with Crippen molar-refractivity contribution in [3.8, 4) is 0 Å². The van der Waals surface area contributed by atoms with Gasteiger partial charge in [-0.3, -0.25) is 4.98 Å². The van der Waals surface area contributed by atoms with Gasteiger partial charge >= 0.3 is 34.5 Å². The number of pyridine rings is 1. The van der Waals surface area contributed by atoms with E-state index in [4.69, 9.17) is 19.4 Å². The fourth-order valence-electron chi connectivity index (χ4n) is 1.49. The van der Waals surface area contributed by atoms with E-state index in [1.165, 1.54) is 11.8 Å². The summed E-state index contributed by atoms with van der Waals surface area (Å²) in [6.07, 6.45) is 3.65. The third-order valence-electron chi connectivity index (χ3n) is 2.37. The standard InChI is InChI=1S/C14H13N3S2.2ClH.H2O.Rh/c1-19-14(18)17-16-13(11-7-3-2-4-8-11)12-9-5-6-10-15-12;;;;/h2-10H,1H3,(H,15,17,18);2*1H;1H2;/q;;;;+2/p-3. The van der Waals surface area contributed by atoms with Crippen LogP contribution in [0.2, 0.25) is 0 Å². The van der Waals surface area contributed by atoms with Crippen LogP contribution in [-0.4, -0.2) is 26.7 Å². The molecule has 0 unspecified atom stereocenters. The van der Waals surface area contributed by atoms with Crippen molar-refractivity contribution >= 4 is 53.4 Å². The summed E-state index contributed by atoms with van der Waals surface area (Å²) in [6.45, 7) is 0. The average Bonchev–Trinajstić information content (AvgIpc) is 2.57. The molecule has 1 N–H and O–H groups in total. The first-order chi connectivity index (χ1) is 10.7. The molecular formula is C14H14Cl2N3ORhS2-. The summed E-state index contributed by atoms with van der Waals surface area (Å²) in [4.78, 5) is 4.33. The van der Waals surface area contributed by atoms with E-state index < -0.39 is 0 Å². The average molecular weight is 478 g/mol. The Morgan fingerprint density at radius 1 is 1.17 bits per heavy atom. The zero-order valence-electron chi connectivity index (χ0n) is 11.9. The maximum absolute atomic E-state index is 4.83. The number of benzene rings is 1. The molecule has 0 aliphatic carbocycles. The largest absolute Gasteiger partial charge is 0.870 e. The van der Waals surface area contributed by atoms with Crippen LogP contribution in [0.5, 0.6) is 0 Å². The van der Waals surface area contributed by atoms with Gasteiger partial charge in [-0.05, 0) is 18.4 Å². The van der Waals surface area contributed by atoms with Crippen LogP contribution in [0, 0.1) is 0 Å². The predicted octanol–water partition coefficient (Wildman–Crippen LogP) is 4.14. The van der Waals surface area contributed by atoms with E-state index in [2.05, 4.69) is 27.7 Å². The number of hydrogen-bond donors (Lipinski definition) is 0. The Balaban J connectivity index is 0.00000112. The summed E-state index contributed by atoms with van der Waals surface area (Å²) in [6, 6.07) is 15.6. The first-order valence-electron chi connectivity index (χ1n) is 5.92. The summed E-state index contributed by atoms with van der Waals surface area (Å²) in [7, 11) is 9.67. The molecule has 2 aromatic rings. The fraction of sp³-hybridized carbons (Fsp3) is 0.0714. The van der Waals surface area contributed by atoms with E-state index in [0.29, 0.717) is 4.32 Å². The van der Waals surface area contributed by atoms with Gasteiger partial charge in [0.2, 0.25) is 0 Å². The Morgan fingerprint density at radius 2 is 1.78 bits per heavy atom. The Labute approximate surface area is 161 Å². The number of nitrogens with zero attached hydrogens (tertiary/aromatic N) is 3. The quantitative estimate of drug-likeness (QED) is 0.166.